The van der Waals surface area contributed by atoms with E-state index in [2.05, 4.69) is 25.9 Å². The predicted molar refractivity (Wildman–Crippen MR) is 69.0 cm³/mol. The molecule has 1 unspecified atom stereocenters. The Morgan fingerprint density at radius 2 is 2.00 bits per heavy atom. The maximum absolute atomic E-state index is 10.2. The molecule has 1 aromatic rings. The van der Waals surface area contributed by atoms with E-state index < -0.39 is 0 Å². The zero-order valence-corrected chi connectivity index (χ0v) is 11.2. The van der Waals surface area contributed by atoms with Crippen LogP contribution in [0.4, 0.5) is 0 Å². The summed E-state index contributed by atoms with van der Waals surface area (Å²) in [6.45, 7) is 7.00. The van der Waals surface area contributed by atoms with Crippen molar-refractivity contribution in [2.75, 3.05) is 0 Å². The molecule has 1 aliphatic carbocycles. The van der Waals surface area contributed by atoms with Crippen molar-refractivity contribution in [3.05, 3.63) is 17.0 Å². The Hall–Kier alpha value is -0.830. The number of aliphatic hydroxyl groups is 1. The molecular weight excluding hydrogens is 212 g/mol. The smallest absolute Gasteiger partial charge is 0.0764 e. The van der Waals surface area contributed by atoms with Crippen molar-refractivity contribution in [2.24, 2.45) is 5.92 Å². The predicted octanol–water partition coefficient (Wildman–Crippen LogP) is 2.61. The van der Waals surface area contributed by atoms with Crippen molar-refractivity contribution >= 4 is 0 Å². The Morgan fingerprint density at radius 1 is 1.35 bits per heavy atom. The third-order valence-corrected chi connectivity index (χ3v) is 4.19. The maximum atomic E-state index is 10.2. The minimum absolute atomic E-state index is 0.222. The van der Waals surface area contributed by atoms with Gasteiger partial charge in [-0.2, -0.15) is 5.10 Å². The lowest BCUT2D eigenvalue weighted by atomic mass is 10.0. The summed E-state index contributed by atoms with van der Waals surface area (Å²) in [6.07, 6.45) is 5.72. The van der Waals surface area contributed by atoms with Crippen LogP contribution in [0.25, 0.3) is 0 Å². The van der Waals surface area contributed by atoms with E-state index in [0.717, 1.165) is 12.1 Å². The summed E-state index contributed by atoms with van der Waals surface area (Å²) in [5, 5.41) is 14.8. The van der Waals surface area contributed by atoms with Gasteiger partial charge in [-0.05, 0) is 44.6 Å². The zero-order valence-electron chi connectivity index (χ0n) is 11.2. The number of aryl methyl sites for hydroxylation is 1. The van der Waals surface area contributed by atoms with E-state index in [1.165, 1.54) is 36.9 Å². The van der Waals surface area contributed by atoms with Crippen LogP contribution in [0, 0.1) is 19.8 Å². The highest BCUT2D eigenvalue weighted by molar-refractivity contribution is 5.24. The molecular formula is C14H24N2O. The quantitative estimate of drug-likeness (QED) is 0.872. The SMILES string of the molecule is CCc1c(C)nn(CC(O)C2CCCC2)c1C. The molecule has 1 fully saturated rings. The molecule has 17 heavy (non-hydrogen) atoms. The van der Waals surface area contributed by atoms with Gasteiger partial charge < -0.3 is 5.11 Å². The second-order valence-electron chi connectivity index (χ2n) is 5.30. The van der Waals surface area contributed by atoms with Gasteiger partial charge in [0.2, 0.25) is 0 Å². The summed E-state index contributed by atoms with van der Waals surface area (Å²) in [6, 6.07) is 0. The number of aliphatic hydroxyl groups excluding tert-OH is 1. The van der Waals surface area contributed by atoms with Crippen molar-refractivity contribution in [2.45, 2.75) is 65.5 Å². The standard InChI is InChI=1S/C14H24N2O/c1-4-13-10(2)15-16(11(13)3)9-14(17)12-7-5-6-8-12/h12,14,17H,4-9H2,1-3H3. The molecule has 96 valence electrons. The molecule has 1 heterocycles. The van der Waals surface area contributed by atoms with Gasteiger partial charge in [0.05, 0.1) is 18.3 Å². The maximum Gasteiger partial charge on any atom is 0.0764 e. The molecule has 3 nitrogen and oxygen atoms in total. The molecule has 3 heteroatoms. The van der Waals surface area contributed by atoms with Crippen LogP contribution in [0.3, 0.4) is 0 Å². The second kappa shape index (κ2) is 5.21. The average molecular weight is 236 g/mol. The van der Waals surface area contributed by atoms with E-state index in [-0.39, 0.29) is 6.10 Å². The highest BCUT2D eigenvalue weighted by Gasteiger charge is 2.24. The van der Waals surface area contributed by atoms with Crippen LogP contribution in [-0.4, -0.2) is 21.0 Å². The van der Waals surface area contributed by atoms with E-state index in [1.54, 1.807) is 0 Å². The Labute approximate surface area is 104 Å². The number of rotatable bonds is 4. The Morgan fingerprint density at radius 3 is 2.53 bits per heavy atom. The summed E-state index contributed by atoms with van der Waals surface area (Å²) >= 11 is 0. The minimum atomic E-state index is -0.222. The van der Waals surface area contributed by atoms with Crippen molar-refractivity contribution in [1.82, 2.24) is 9.78 Å². The van der Waals surface area contributed by atoms with E-state index in [4.69, 9.17) is 0 Å². The van der Waals surface area contributed by atoms with Gasteiger partial charge in [-0.3, -0.25) is 4.68 Å². The van der Waals surface area contributed by atoms with Gasteiger partial charge in [-0.25, -0.2) is 0 Å². The Kier molecular flexibility index (Phi) is 3.87. The van der Waals surface area contributed by atoms with Gasteiger partial charge in [0, 0.05) is 5.69 Å². The second-order valence-corrected chi connectivity index (χ2v) is 5.30. The van der Waals surface area contributed by atoms with Crippen LogP contribution in [0.2, 0.25) is 0 Å². The van der Waals surface area contributed by atoms with Crippen LogP contribution in [0.15, 0.2) is 0 Å². The molecule has 1 saturated carbocycles. The Balaban J connectivity index is 2.07. The topological polar surface area (TPSA) is 38.0 Å². The Bertz CT molecular complexity index is 378. The minimum Gasteiger partial charge on any atom is -0.391 e. The summed E-state index contributed by atoms with van der Waals surface area (Å²) < 4.78 is 2.00. The first kappa shape index (κ1) is 12.6. The van der Waals surface area contributed by atoms with Crippen molar-refractivity contribution in [3.63, 3.8) is 0 Å². The first-order chi connectivity index (χ1) is 8.13. The normalized spacial score (nSPS) is 18.8. The molecule has 1 N–H and O–H groups in total. The average Bonchev–Trinajstić information content (AvgIpc) is 2.89. The van der Waals surface area contributed by atoms with Crippen LogP contribution in [-0.2, 0) is 13.0 Å². The van der Waals surface area contributed by atoms with E-state index in [9.17, 15) is 5.11 Å². The molecule has 0 saturated heterocycles. The molecule has 1 aliphatic rings. The van der Waals surface area contributed by atoms with Gasteiger partial charge in [0.1, 0.15) is 0 Å². The highest BCUT2D eigenvalue weighted by Crippen LogP contribution is 2.28. The number of hydrogen-bond acceptors (Lipinski definition) is 2. The van der Waals surface area contributed by atoms with Gasteiger partial charge in [-0.1, -0.05) is 19.8 Å². The molecule has 0 amide bonds. The van der Waals surface area contributed by atoms with Crippen LogP contribution < -0.4 is 0 Å². The zero-order chi connectivity index (χ0) is 12.4. The molecule has 0 spiro atoms. The molecule has 0 bridgehead atoms. The number of nitrogens with zero attached hydrogens (tertiary/aromatic N) is 2. The fraction of sp³-hybridized carbons (Fsp3) is 0.786. The molecule has 1 aromatic heterocycles. The van der Waals surface area contributed by atoms with E-state index in [0.29, 0.717) is 12.5 Å². The summed E-state index contributed by atoms with van der Waals surface area (Å²) in [7, 11) is 0. The molecule has 0 aliphatic heterocycles. The summed E-state index contributed by atoms with van der Waals surface area (Å²) in [4.78, 5) is 0. The fourth-order valence-corrected chi connectivity index (χ4v) is 3.09. The van der Waals surface area contributed by atoms with Gasteiger partial charge >= 0.3 is 0 Å². The third kappa shape index (κ3) is 2.54. The lowest BCUT2D eigenvalue weighted by Gasteiger charge is -2.18. The molecule has 0 radical (unpaired) electrons. The van der Waals surface area contributed by atoms with E-state index >= 15 is 0 Å². The lowest BCUT2D eigenvalue weighted by molar-refractivity contribution is 0.0886. The summed E-state index contributed by atoms with van der Waals surface area (Å²) in [5.74, 6) is 0.490. The monoisotopic (exact) mass is 236 g/mol. The largest absolute Gasteiger partial charge is 0.391 e. The number of hydrogen-bond donors (Lipinski definition) is 1. The van der Waals surface area contributed by atoms with Gasteiger partial charge in [0.15, 0.2) is 0 Å². The van der Waals surface area contributed by atoms with Crippen molar-refractivity contribution < 1.29 is 5.11 Å². The van der Waals surface area contributed by atoms with Crippen LogP contribution in [0.5, 0.6) is 0 Å². The fourth-order valence-electron chi connectivity index (χ4n) is 3.09. The van der Waals surface area contributed by atoms with Gasteiger partial charge in [0.25, 0.3) is 0 Å². The summed E-state index contributed by atoms with van der Waals surface area (Å²) in [5.41, 5.74) is 3.68. The first-order valence-corrected chi connectivity index (χ1v) is 6.84. The van der Waals surface area contributed by atoms with Crippen molar-refractivity contribution in [1.29, 1.82) is 0 Å². The van der Waals surface area contributed by atoms with E-state index in [1.807, 2.05) is 4.68 Å². The van der Waals surface area contributed by atoms with Crippen LogP contribution >= 0.6 is 0 Å². The van der Waals surface area contributed by atoms with Gasteiger partial charge in [-0.15, -0.1) is 0 Å². The van der Waals surface area contributed by atoms with Crippen LogP contribution in [0.1, 0.15) is 49.6 Å². The third-order valence-electron chi connectivity index (χ3n) is 4.19. The molecule has 0 aromatic carbocycles. The van der Waals surface area contributed by atoms with Crippen molar-refractivity contribution in [3.8, 4) is 0 Å². The molecule has 1 atom stereocenters. The molecule has 2 rings (SSSR count). The highest BCUT2D eigenvalue weighted by atomic mass is 16.3. The lowest BCUT2D eigenvalue weighted by Crippen LogP contribution is -2.25. The number of aromatic nitrogens is 2. The first-order valence-electron chi connectivity index (χ1n) is 6.84.